The number of carbonyl (C=O) groups excluding carboxylic acids is 1. The van der Waals surface area contributed by atoms with E-state index in [1.54, 1.807) is 18.2 Å². The minimum atomic E-state index is -2.34. The van der Waals surface area contributed by atoms with Crippen molar-refractivity contribution in [1.82, 2.24) is 14.5 Å². The molecule has 0 saturated heterocycles. The summed E-state index contributed by atoms with van der Waals surface area (Å²) < 4.78 is 21.0. The molecule has 0 aliphatic rings. The summed E-state index contributed by atoms with van der Waals surface area (Å²) >= 11 is 6.04. The molecule has 33 heavy (non-hydrogen) atoms. The van der Waals surface area contributed by atoms with E-state index in [0.29, 0.717) is 31.9 Å². The number of alkyl halides is 1. The first kappa shape index (κ1) is 21.9. The Kier molecular flexibility index (Phi) is 6.02. The van der Waals surface area contributed by atoms with E-state index in [9.17, 15) is 14.9 Å². The molecule has 2 aromatic heterocycles. The summed E-state index contributed by atoms with van der Waals surface area (Å²) in [6.07, 6.45) is 1.77. The monoisotopic (exact) mass is 463 g/mol. The predicted molar refractivity (Wildman–Crippen MR) is 121 cm³/mol. The van der Waals surface area contributed by atoms with Crippen molar-refractivity contribution < 1.29 is 13.9 Å². The van der Waals surface area contributed by atoms with E-state index in [1.165, 1.54) is 37.7 Å². The van der Waals surface area contributed by atoms with Crippen LogP contribution in [0.5, 0.6) is 5.75 Å². The first-order chi connectivity index (χ1) is 15.9. The number of halogens is 2. The fraction of sp³-hybridized carbons (Fsp3) is 0.0870. The fourth-order valence-corrected chi connectivity index (χ4v) is 3.46. The largest absolute Gasteiger partial charge is 0.495 e. The fourth-order valence-electron chi connectivity index (χ4n) is 3.28. The van der Waals surface area contributed by atoms with Crippen LogP contribution in [0.15, 0.2) is 65.8 Å². The lowest BCUT2D eigenvalue weighted by molar-refractivity contribution is -0.123. The number of nitrogens with zero attached hydrogens (tertiary/aromatic N) is 4. The Morgan fingerprint density at radius 3 is 2.64 bits per heavy atom. The molecule has 0 aliphatic heterocycles. The first-order valence-electron chi connectivity index (χ1n) is 9.57. The summed E-state index contributed by atoms with van der Waals surface area (Å²) in [7, 11) is 1.33. The zero-order valence-electron chi connectivity index (χ0n) is 17.1. The SMILES string of the molecule is COc1cn(C(F)C(=O)Nc2ccc3nccnc3c2)c(=O)cc1-c1cc(Cl)ccc1C#N. The van der Waals surface area contributed by atoms with Gasteiger partial charge in [-0.2, -0.15) is 5.26 Å². The molecule has 2 aromatic carbocycles. The van der Waals surface area contributed by atoms with Gasteiger partial charge in [-0.3, -0.25) is 24.1 Å². The van der Waals surface area contributed by atoms with E-state index in [2.05, 4.69) is 15.3 Å². The summed E-state index contributed by atoms with van der Waals surface area (Å²) in [6, 6.07) is 12.4. The molecule has 4 aromatic rings. The van der Waals surface area contributed by atoms with E-state index in [1.807, 2.05) is 6.07 Å². The maximum absolute atomic E-state index is 15.0. The highest BCUT2D eigenvalue weighted by Crippen LogP contribution is 2.33. The molecular weight excluding hydrogens is 449 g/mol. The molecule has 2 heterocycles. The lowest BCUT2D eigenvalue weighted by atomic mass is 10.0. The van der Waals surface area contributed by atoms with Crippen molar-refractivity contribution in [3.05, 3.63) is 82.0 Å². The number of carbonyl (C=O) groups is 1. The van der Waals surface area contributed by atoms with E-state index < -0.39 is 17.8 Å². The van der Waals surface area contributed by atoms with Crippen LogP contribution in [0.3, 0.4) is 0 Å². The maximum Gasteiger partial charge on any atom is 0.280 e. The second-order valence-electron chi connectivity index (χ2n) is 6.89. The molecule has 164 valence electrons. The summed E-state index contributed by atoms with van der Waals surface area (Å²) in [5.74, 6) is -0.972. The van der Waals surface area contributed by atoms with Gasteiger partial charge < -0.3 is 10.1 Å². The van der Waals surface area contributed by atoms with Gasteiger partial charge in [0.25, 0.3) is 17.8 Å². The number of aromatic nitrogens is 3. The molecule has 1 N–H and O–H groups in total. The van der Waals surface area contributed by atoms with Crippen LogP contribution in [0, 0.1) is 11.3 Å². The summed E-state index contributed by atoms with van der Waals surface area (Å²) in [5.41, 5.74) is 1.47. The number of hydrogen-bond acceptors (Lipinski definition) is 6. The van der Waals surface area contributed by atoms with Gasteiger partial charge in [0.1, 0.15) is 5.75 Å². The summed E-state index contributed by atoms with van der Waals surface area (Å²) in [5, 5.41) is 12.2. The molecule has 4 rings (SSSR count). The summed E-state index contributed by atoms with van der Waals surface area (Å²) in [6.45, 7) is 0. The van der Waals surface area contributed by atoms with E-state index in [4.69, 9.17) is 16.3 Å². The normalized spacial score (nSPS) is 11.6. The minimum absolute atomic E-state index is 0.0878. The number of fused-ring (bicyclic) bond motifs is 1. The van der Waals surface area contributed by atoms with E-state index in [0.717, 1.165) is 12.3 Å². The molecule has 1 unspecified atom stereocenters. The molecule has 0 saturated carbocycles. The van der Waals surface area contributed by atoms with Crippen molar-refractivity contribution in [1.29, 1.82) is 5.26 Å². The number of methoxy groups -OCH3 is 1. The number of rotatable bonds is 5. The third-order valence-electron chi connectivity index (χ3n) is 4.85. The van der Waals surface area contributed by atoms with Gasteiger partial charge in [-0.1, -0.05) is 11.6 Å². The Hall–Kier alpha value is -4.29. The standard InChI is InChI=1S/C23H15ClFN5O3/c1-33-20-12-30(21(31)10-17(20)16-8-14(24)3-2-13(16)11-26)22(25)23(32)29-15-4-5-18-19(9-15)28-7-6-27-18/h2-10,12,22H,1H3,(H,29,32). The topological polar surface area (TPSA) is 110 Å². The maximum atomic E-state index is 15.0. The molecule has 0 fully saturated rings. The predicted octanol–water partition coefficient (Wildman–Crippen LogP) is 4.10. The Labute approximate surface area is 191 Å². The number of pyridine rings is 1. The minimum Gasteiger partial charge on any atom is -0.495 e. The summed E-state index contributed by atoms with van der Waals surface area (Å²) in [4.78, 5) is 33.5. The average molecular weight is 464 g/mol. The molecule has 10 heteroatoms. The van der Waals surface area contributed by atoms with Crippen LogP contribution >= 0.6 is 11.6 Å². The van der Waals surface area contributed by atoms with E-state index in [-0.39, 0.29) is 16.9 Å². The zero-order valence-corrected chi connectivity index (χ0v) is 17.9. The number of nitrogens with one attached hydrogen (secondary N) is 1. The van der Waals surface area contributed by atoms with Gasteiger partial charge in [-0.15, -0.1) is 0 Å². The second kappa shape index (κ2) is 9.06. The van der Waals surface area contributed by atoms with Crippen molar-refractivity contribution in [3.8, 4) is 22.9 Å². The third-order valence-corrected chi connectivity index (χ3v) is 5.09. The average Bonchev–Trinajstić information content (AvgIpc) is 2.83. The highest BCUT2D eigenvalue weighted by Gasteiger charge is 2.23. The van der Waals surface area contributed by atoms with Crippen molar-refractivity contribution in [2.75, 3.05) is 12.4 Å². The smallest absolute Gasteiger partial charge is 0.280 e. The van der Waals surface area contributed by atoms with Crippen LogP contribution in [0.25, 0.3) is 22.2 Å². The molecular formula is C23H15ClFN5O3. The van der Waals surface area contributed by atoms with Crippen LogP contribution in [0.1, 0.15) is 11.9 Å². The highest BCUT2D eigenvalue weighted by molar-refractivity contribution is 6.31. The van der Waals surface area contributed by atoms with Crippen molar-refractivity contribution >= 4 is 34.2 Å². The highest BCUT2D eigenvalue weighted by atomic mass is 35.5. The zero-order chi connectivity index (χ0) is 23.5. The van der Waals surface area contributed by atoms with Gasteiger partial charge in [0, 0.05) is 40.3 Å². The van der Waals surface area contributed by atoms with E-state index >= 15 is 4.39 Å². The number of amides is 1. The molecule has 8 nitrogen and oxygen atoms in total. The molecule has 1 atom stereocenters. The lowest BCUT2D eigenvalue weighted by Gasteiger charge is -2.16. The van der Waals surface area contributed by atoms with Gasteiger partial charge >= 0.3 is 0 Å². The lowest BCUT2D eigenvalue weighted by Crippen LogP contribution is -2.30. The first-order valence-corrected chi connectivity index (χ1v) is 9.95. The van der Waals surface area contributed by atoms with Crippen LogP contribution in [-0.2, 0) is 4.79 Å². The molecule has 0 aliphatic carbocycles. The van der Waals surface area contributed by atoms with Gasteiger partial charge in [0.15, 0.2) is 0 Å². The van der Waals surface area contributed by atoms with Gasteiger partial charge in [-0.25, -0.2) is 4.39 Å². The van der Waals surface area contributed by atoms with Gasteiger partial charge in [0.2, 0.25) is 0 Å². The Bertz CT molecular complexity index is 1480. The van der Waals surface area contributed by atoms with Crippen LogP contribution in [-0.4, -0.2) is 27.6 Å². The number of nitriles is 1. The Morgan fingerprint density at radius 1 is 1.15 bits per heavy atom. The third kappa shape index (κ3) is 4.37. The molecule has 0 bridgehead atoms. The molecule has 0 radical (unpaired) electrons. The van der Waals surface area contributed by atoms with Gasteiger partial charge in [0.05, 0.1) is 36.0 Å². The molecule has 0 spiro atoms. The quantitative estimate of drug-likeness (QED) is 0.477. The molecule has 1 amide bonds. The van der Waals surface area contributed by atoms with Crippen molar-refractivity contribution in [2.24, 2.45) is 0 Å². The number of hydrogen-bond donors (Lipinski definition) is 1. The van der Waals surface area contributed by atoms with Crippen LogP contribution < -0.4 is 15.6 Å². The number of benzene rings is 2. The van der Waals surface area contributed by atoms with Crippen LogP contribution in [0.4, 0.5) is 10.1 Å². The Balaban J connectivity index is 1.67. The van der Waals surface area contributed by atoms with Crippen molar-refractivity contribution in [3.63, 3.8) is 0 Å². The second-order valence-corrected chi connectivity index (χ2v) is 7.32. The van der Waals surface area contributed by atoms with Crippen molar-refractivity contribution in [2.45, 2.75) is 6.30 Å². The van der Waals surface area contributed by atoms with Crippen LogP contribution in [0.2, 0.25) is 5.02 Å². The number of anilines is 1. The van der Waals surface area contributed by atoms with Gasteiger partial charge in [-0.05, 0) is 36.4 Å². The Morgan fingerprint density at radius 2 is 1.91 bits per heavy atom. The number of ether oxygens (including phenoxy) is 1.